The van der Waals surface area contributed by atoms with Gasteiger partial charge in [-0.3, -0.25) is 0 Å². The van der Waals surface area contributed by atoms with E-state index in [1.807, 2.05) is 22.9 Å². The number of rotatable bonds is 5. The maximum Gasteiger partial charge on any atom is 0.144 e. The van der Waals surface area contributed by atoms with Gasteiger partial charge in [0.1, 0.15) is 17.3 Å². The summed E-state index contributed by atoms with van der Waals surface area (Å²) in [5.74, 6) is 1.88. The van der Waals surface area contributed by atoms with Gasteiger partial charge in [0, 0.05) is 30.1 Å². The minimum atomic E-state index is 0.688. The average molecular weight is 361 g/mol. The second-order valence-corrected chi connectivity index (χ2v) is 7.27. The molecule has 4 rings (SSSR count). The van der Waals surface area contributed by atoms with Gasteiger partial charge >= 0.3 is 0 Å². The highest BCUT2D eigenvalue weighted by Gasteiger charge is 2.25. The van der Waals surface area contributed by atoms with Crippen LogP contribution in [0.4, 0.5) is 5.82 Å². The lowest BCUT2D eigenvalue weighted by atomic mass is 10.1. The molecule has 1 aromatic heterocycles. The summed E-state index contributed by atoms with van der Waals surface area (Å²) in [6.07, 6.45) is 6.06. The van der Waals surface area contributed by atoms with Crippen LogP contribution in [0.1, 0.15) is 30.5 Å². The highest BCUT2D eigenvalue weighted by molar-refractivity contribution is 6.30. The topological polar surface area (TPSA) is 42.3 Å². The summed E-state index contributed by atoms with van der Waals surface area (Å²) in [5, 5.41) is 9.10. The largest absolute Gasteiger partial charge is 0.494 e. The molecule has 2 aliphatic heterocycles. The van der Waals surface area contributed by atoms with Gasteiger partial charge in [-0.2, -0.15) is 5.10 Å². The molecule has 3 heterocycles. The number of nitrogens with zero attached hydrogens (tertiary/aromatic N) is 3. The Kier molecular flexibility index (Phi) is 4.86. The fourth-order valence-electron chi connectivity index (χ4n) is 3.90. The van der Waals surface area contributed by atoms with Crippen LogP contribution < -0.4 is 10.1 Å². The number of ether oxygens (including phenoxy) is 1. The van der Waals surface area contributed by atoms with Crippen LogP contribution >= 0.6 is 11.6 Å². The van der Waals surface area contributed by atoms with Gasteiger partial charge in [-0.05, 0) is 50.6 Å². The number of likely N-dealkylation sites (tertiary alicyclic amines) is 1. The van der Waals surface area contributed by atoms with Gasteiger partial charge in [-0.25, -0.2) is 4.68 Å². The van der Waals surface area contributed by atoms with Gasteiger partial charge in [0.05, 0.1) is 12.8 Å². The van der Waals surface area contributed by atoms with Gasteiger partial charge in [-0.15, -0.1) is 0 Å². The Hall–Kier alpha value is -1.72. The first-order valence-electron chi connectivity index (χ1n) is 9.17. The molecular weight excluding hydrogens is 336 g/mol. The summed E-state index contributed by atoms with van der Waals surface area (Å²) in [6.45, 7) is 4.51. The molecule has 1 saturated heterocycles. The van der Waals surface area contributed by atoms with E-state index >= 15 is 0 Å². The molecule has 134 valence electrons. The van der Waals surface area contributed by atoms with Crippen LogP contribution in [0.5, 0.6) is 5.75 Å². The molecular formula is C19H25ClN4O. The number of methoxy groups -OCH3 is 1. The fourth-order valence-corrected chi connectivity index (χ4v) is 4.06. The molecule has 25 heavy (non-hydrogen) atoms. The molecule has 0 bridgehead atoms. The van der Waals surface area contributed by atoms with E-state index in [2.05, 4.69) is 10.2 Å². The first kappa shape index (κ1) is 16.7. The Morgan fingerprint density at radius 3 is 2.88 bits per heavy atom. The summed E-state index contributed by atoms with van der Waals surface area (Å²) in [5.41, 5.74) is 3.44. The van der Waals surface area contributed by atoms with Crippen molar-refractivity contribution >= 4 is 17.4 Å². The number of hydrogen-bond acceptors (Lipinski definition) is 4. The van der Waals surface area contributed by atoms with E-state index in [0.29, 0.717) is 5.02 Å². The van der Waals surface area contributed by atoms with Crippen LogP contribution in [-0.2, 0) is 12.8 Å². The van der Waals surface area contributed by atoms with Crippen molar-refractivity contribution in [1.82, 2.24) is 14.7 Å². The van der Waals surface area contributed by atoms with Crippen molar-refractivity contribution < 1.29 is 4.74 Å². The highest BCUT2D eigenvalue weighted by atomic mass is 35.5. The van der Waals surface area contributed by atoms with E-state index in [-0.39, 0.29) is 0 Å². The number of anilines is 1. The van der Waals surface area contributed by atoms with E-state index in [1.165, 1.54) is 43.6 Å². The minimum Gasteiger partial charge on any atom is -0.494 e. The molecule has 0 unspecified atom stereocenters. The molecule has 1 N–H and O–H groups in total. The molecule has 1 aromatic carbocycles. The molecule has 6 heteroatoms. The van der Waals surface area contributed by atoms with E-state index in [4.69, 9.17) is 21.4 Å². The molecule has 0 aliphatic carbocycles. The second kappa shape index (κ2) is 7.26. The smallest absolute Gasteiger partial charge is 0.144 e. The maximum absolute atomic E-state index is 6.22. The number of hydrogen-bond donors (Lipinski definition) is 1. The third kappa shape index (κ3) is 3.35. The lowest BCUT2D eigenvalue weighted by Gasteiger charge is -2.26. The molecule has 2 aliphatic rings. The summed E-state index contributed by atoms with van der Waals surface area (Å²) in [6, 6.07) is 5.66. The van der Waals surface area contributed by atoms with Crippen molar-refractivity contribution in [3.05, 3.63) is 34.5 Å². The minimum absolute atomic E-state index is 0.688. The number of piperidine rings is 1. The van der Waals surface area contributed by atoms with Crippen molar-refractivity contribution in [3.8, 4) is 11.4 Å². The second-order valence-electron chi connectivity index (χ2n) is 6.83. The Bertz CT molecular complexity index is 752. The van der Waals surface area contributed by atoms with Crippen molar-refractivity contribution in [3.63, 3.8) is 0 Å². The van der Waals surface area contributed by atoms with Crippen LogP contribution in [-0.4, -0.2) is 48.0 Å². The van der Waals surface area contributed by atoms with Crippen molar-refractivity contribution in [2.24, 2.45) is 0 Å². The molecule has 0 saturated carbocycles. The van der Waals surface area contributed by atoms with Crippen LogP contribution in [0.3, 0.4) is 0 Å². The Labute approximate surface area is 153 Å². The predicted molar refractivity (Wildman–Crippen MR) is 101 cm³/mol. The van der Waals surface area contributed by atoms with Crippen LogP contribution in [0.25, 0.3) is 5.69 Å². The Morgan fingerprint density at radius 1 is 1.24 bits per heavy atom. The quantitative estimate of drug-likeness (QED) is 0.885. The van der Waals surface area contributed by atoms with Crippen molar-refractivity contribution in [2.75, 3.05) is 38.6 Å². The number of halogens is 1. The van der Waals surface area contributed by atoms with E-state index < -0.39 is 0 Å². The molecule has 2 aromatic rings. The van der Waals surface area contributed by atoms with Gasteiger partial charge in [0.25, 0.3) is 0 Å². The fraction of sp³-hybridized carbons (Fsp3) is 0.526. The normalized spacial score (nSPS) is 17.4. The summed E-state index contributed by atoms with van der Waals surface area (Å²) < 4.78 is 7.49. The van der Waals surface area contributed by atoms with Crippen LogP contribution in [0, 0.1) is 0 Å². The molecule has 0 radical (unpaired) electrons. The van der Waals surface area contributed by atoms with Gasteiger partial charge in [-0.1, -0.05) is 18.0 Å². The molecule has 0 spiro atoms. The van der Waals surface area contributed by atoms with Crippen molar-refractivity contribution in [1.29, 1.82) is 0 Å². The number of fused-ring (bicyclic) bond motifs is 1. The van der Waals surface area contributed by atoms with Gasteiger partial charge < -0.3 is 15.0 Å². The molecule has 1 fully saturated rings. The number of benzene rings is 1. The number of nitrogens with one attached hydrogen (secondary N) is 1. The predicted octanol–water partition coefficient (Wildman–Crippen LogP) is 3.53. The Balaban J connectivity index is 1.63. The molecule has 0 atom stereocenters. The molecule has 5 nitrogen and oxygen atoms in total. The summed E-state index contributed by atoms with van der Waals surface area (Å²) in [4.78, 5) is 2.57. The Morgan fingerprint density at radius 2 is 2.08 bits per heavy atom. The molecule has 0 amide bonds. The third-order valence-corrected chi connectivity index (χ3v) is 5.45. The lowest BCUT2D eigenvalue weighted by molar-refractivity contribution is 0.230. The number of aromatic nitrogens is 2. The van der Waals surface area contributed by atoms with Gasteiger partial charge in [0.2, 0.25) is 0 Å². The maximum atomic E-state index is 6.22. The summed E-state index contributed by atoms with van der Waals surface area (Å²) in [7, 11) is 1.68. The first-order valence-corrected chi connectivity index (χ1v) is 9.55. The summed E-state index contributed by atoms with van der Waals surface area (Å²) >= 11 is 6.22. The van der Waals surface area contributed by atoms with E-state index in [9.17, 15) is 0 Å². The third-order valence-electron chi connectivity index (χ3n) is 5.22. The van der Waals surface area contributed by atoms with Crippen LogP contribution in [0.15, 0.2) is 18.2 Å². The van der Waals surface area contributed by atoms with Crippen LogP contribution in [0.2, 0.25) is 5.02 Å². The zero-order valence-electron chi connectivity index (χ0n) is 14.7. The first-order chi connectivity index (χ1) is 12.3. The lowest BCUT2D eigenvalue weighted by Crippen LogP contribution is -2.31. The van der Waals surface area contributed by atoms with Crippen molar-refractivity contribution in [2.45, 2.75) is 32.1 Å². The highest BCUT2D eigenvalue weighted by Crippen LogP contribution is 2.34. The SMILES string of the molecule is COc1ccc(Cl)cc1-n1nc(CCN2CCCCC2)c2c1NCC2. The van der Waals surface area contributed by atoms with E-state index in [0.717, 1.165) is 43.2 Å². The van der Waals surface area contributed by atoms with E-state index in [1.54, 1.807) is 7.11 Å². The standard InChI is InChI=1S/C19H25ClN4O/c1-25-18-6-5-14(20)13-17(18)24-19-15(7-9-21-19)16(22-24)8-12-23-10-3-2-4-11-23/h5-6,13,21H,2-4,7-12H2,1H3. The zero-order chi connectivity index (χ0) is 17.2. The monoisotopic (exact) mass is 360 g/mol. The average Bonchev–Trinajstić information content (AvgIpc) is 3.24. The van der Waals surface area contributed by atoms with Gasteiger partial charge in [0.15, 0.2) is 0 Å². The zero-order valence-corrected chi connectivity index (χ0v) is 15.5.